The molecule has 2 fully saturated rings. The van der Waals surface area contributed by atoms with Gasteiger partial charge in [0.25, 0.3) is 0 Å². The molecule has 3 aromatic carbocycles. The number of nitrogens with one attached hydrogen (secondary N) is 1. The van der Waals surface area contributed by atoms with Crippen LogP contribution in [0.5, 0.6) is 0 Å². The zero-order chi connectivity index (χ0) is 34.3. The van der Waals surface area contributed by atoms with Crippen molar-refractivity contribution in [2.24, 2.45) is 0 Å². The van der Waals surface area contributed by atoms with E-state index >= 15 is 4.39 Å². The molecular formula is C34H34ClF2N5O5S. The molecule has 0 bridgehead atoms. The number of aromatic nitrogens is 1. The minimum absolute atomic E-state index is 0.122. The third kappa shape index (κ3) is 6.67. The predicted octanol–water partition coefficient (Wildman–Crippen LogP) is 4.96. The maximum absolute atomic E-state index is 15.5. The standard InChI is InChI=1S/C34H34ClF2N5O5S/c1-21(43)27-19-40(30-11-10-23(17-26(27)30)39-12-14-41(15-13-39)48(2,46)47)20-32(44)42-18-22(36)16-31(42)34(45)38-29-9-5-7-25(33(29)37)24-6-3-4-8-28(24)35/h3-11,17,19,22,31H,12-16,18,20H2,1-2H3,(H,38,45)/t22-,31+/m1/s1. The number of nitrogens with zero attached hydrogens (tertiary/aromatic N) is 4. The second-order valence-electron chi connectivity index (χ2n) is 12.1. The average Bonchev–Trinajstić information content (AvgIpc) is 3.62. The molecule has 2 aliphatic rings. The number of anilines is 2. The molecule has 6 rings (SSSR count). The van der Waals surface area contributed by atoms with Gasteiger partial charge in [0.2, 0.25) is 21.8 Å². The molecule has 2 amide bonds. The van der Waals surface area contributed by atoms with Gasteiger partial charge in [0, 0.05) is 77.1 Å². The van der Waals surface area contributed by atoms with Crippen molar-refractivity contribution in [2.45, 2.75) is 32.1 Å². The fourth-order valence-corrected chi connectivity index (χ4v) is 7.51. The summed E-state index contributed by atoms with van der Waals surface area (Å²) in [5.41, 5.74) is 2.30. The van der Waals surface area contributed by atoms with E-state index in [4.69, 9.17) is 11.6 Å². The maximum Gasteiger partial charge on any atom is 0.247 e. The zero-order valence-corrected chi connectivity index (χ0v) is 27.9. The summed E-state index contributed by atoms with van der Waals surface area (Å²) in [5.74, 6) is -2.18. The second kappa shape index (κ2) is 13.3. The van der Waals surface area contributed by atoms with Crippen molar-refractivity contribution in [2.75, 3.05) is 49.2 Å². The molecule has 0 radical (unpaired) electrons. The zero-order valence-electron chi connectivity index (χ0n) is 26.3. The van der Waals surface area contributed by atoms with Crippen LogP contribution in [0.2, 0.25) is 5.02 Å². The molecule has 0 spiro atoms. The Bertz CT molecular complexity index is 2030. The first kappa shape index (κ1) is 33.6. The van der Waals surface area contributed by atoms with Gasteiger partial charge in [-0.15, -0.1) is 0 Å². The summed E-state index contributed by atoms with van der Waals surface area (Å²) < 4.78 is 57.2. The van der Waals surface area contributed by atoms with E-state index in [1.165, 1.54) is 29.6 Å². The first-order valence-electron chi connectivity index (χ1n) is 15.4. The van der Waals surface area contributed by atoms with Crippen molar-refractivity contribution >= 4 is 61.5 Å². The van der Waals surface area contributed by atoms with Crippen molar-refractivity contribution in [1.29, 1.82) is 0 Å². The summed E-state index contributed by atoms with van der Waals surface area (Å²) >= 11 is 6.26. The number of ketones is 1. The highest BCUT2D eigenvalue weighted by atomic mass is 35.5. The summed E-state index contributed by atoms with van der Waals surface area (Å²) in [6.45, 7) is 2.49. The van der Waals surface area contributed by atoms with Crippen LogP contribution in [-0.2, 0) is 26.2 Å². The lowest BCUT2D eigenvalue weighted by Gasteiger charge is -2.34. The number of rotatable bonds is 8. The topological polar surface area (TPSA) is 112 Å². The van der Waals surface area contributed by atoms with Crippen LogP contribution in [0, 0.1) is 5.82 Å². The van der Waals surface area contributed by atoms with Gasteiger partial charge in [0.05, 0.1) is 18.5 Å². The molecule has 2 atom stereocenters. The molecule has 2 saturated heterocycles. The van der Waals surface area contributed by atoms with Crippen LogP contribution in [0.3, 0.4) is 0 Å². The van der Waals surface area contributed by atoms with Crippen molar-refractivity contribution in [3.05, 3.63) is 83.3 Å². The van der Waals surface area contributed by atoms with Crippen LogP contribution < -0.4 is 10.2 Å². The summed E-state index contributed by atoms with van der Waals surface area (Å²) in [6.07, 6.45) is 1.06. The molecule has 4 aromatic rings. The number of likely N-dealkylation sites (tertiary alicyclic amines) is 1. The van der Waals surface area contributed by atoms with Gasteiger partial charge in [0.15, 0.2) is 11.6 Å². The van der Waals surface area contributed by atoms with Crippen LogP contribution in [0.15, 0.2) is 66.9 Å². The van der Waals surface area contributed by atoms with E-state index in [1.807, 2.05) is 17.0 Å². The maximum atomic E-state index is 15.5. The fraction of sp³-hybridized carbons (Fsp3) is 0.324. The number of Topliss-reactive ketones (excluding diaryl/α,β-unsaturated/α-hetero) is 1. The molecule has 0 aliphatic carbocycles. The lowest BCUT2D eigenvalue weighted by atomic mass is 10.0. The molecule has 0 saturated carbocycles. The summed E-state index contributed by atoms with van der Waals surface area (Å²) in [5, 5.41) is 3.49. The number of fused-ring (bicyclic) bond motifs is 1. The highest BCUT2D eigenvalue weighted by Crippen LogP contribution is 2.34. The number of amides is 2. The van der Waals surface area contributed by atoms with Crippen molar-refractivity contribution < 1.29 is 31.6 Å². The van der Waals surface area contributed by atoms with E-state index in [0.717, 1.165) is 10.6 Å². The van der Waals surface area contributed by atoms with E-state index in [9.17, 15) is 27.2 Å². The molecule has 10 nitrogen and oxygen atoms in total. The summed E-state index contributed by atoms with van der Waals surface area (Å²) in [7, 11) is -3.29. The number of hydrogen-bond acceptors (Lipinski definition) is 6. The minimum atomic E-state index is -3.29. The van der Waals surface area contributed by atoms with Gasteiger partial charge < -0.3 is 19.7 Å². The Labute approximate surface area is 281 Å². The van der Waals surface area contributed by atoms with Gasteiger partial charge in [-0.25, -0.2) is 17.2 Å². The Morgan fingerprint density at radius 2 is 1.69 bits per heavy atom. The minimum Gasteiger partial charge on any atom is -0.369 e. The SMILES string of the molecule is CC(=O)c1cn(CC(=O)N2C[C@H](F)C[C@H]2C(=O)Nc2cccc(-c3ccccc3Cl)c2F)c2ccc(N3CCN(S(C)(=O)=O)CC3)cc12. The van der Waals surface area contributed by atoms with E-state index in [1.54, 1.807) is 47.2 Å². The smallest absolute Gasteiger partial charge is 0.247 e. The van der Waals surface area contributed by atoms with Crippen molar-refractivity contribution in [3.8, 4) is 11.1 Å². The van der Waals surface area contributed by atoms with Gasteiger partial charge >= 0.3 is 0 Å². The normalized spacial score (nSPS) is 18.8. The Morgan fingerprint density at radius 3 is 2.38 bits per heavy atom. The average molecular weight is 698 g/mol. The van der Waals surface area contributed by atoms with Gasteiger partial charge in [-0.3, -0.25) is 14.4 Å². The number of benzene rings is 3. The molecule has 252 valence electrons. The number of piperazine rings is 1. The third-order valence-corrected chi connectivity index (χ3v) is 10.5. The summed E-state index contributed by atoms with van der Waals surface area (Å²) in [6, 6.07) is 15.5. The number of sulfonamides is 1. The van der Waals surface area contributed by atoms with Crippen molar-refractivity contribution in [1.82, 2.24) is 13.8 Å². The number of hydrogen-bond donors (Lipinski definition) is 1. The number of carbonyl (C=O) groups excluding carboxylic acids is 3. The summed E-state index contributed by atoms with van der Waals surface area (Å²) in [4.78, 5) is 42.9. The fourth-order valence-electron chi connectivity index (χ4n) is 6.45. The van der Waals surface area contributed by atoms with Gasteiger partial charge in [-0.05, 0) is 37.3 Å². The van der Waals surface area contributed by atoms with E-state index < -0.39 is 39.9 Å². The Balaban J connectivity index is 1.21. The lowest BCUT2D eigenvalue weighted by molar-refractivity contribution is -0.137. The molecule has 1 N–H and O–H groups in total. The van der Waals surface area contributed by atoms with Crippen LogP contribution in [0.4, 0.5) is 20.2 Å². The monoisotopic (exact) mass is 697 g/mol. The lowest BCUT2D eigenvalue weighted by Crippen LogP contribution is -2.48. The van der Waals surface area contributed by atoms with E-state index in [0.29, 0.717) is 53.2 Å². The highest BCUT2D eigenvalue weighted by molar-refractivity contribution is 7.88. The third-order valence-electron chi connectivity index (χ3n) is 8.92. The largest absolute Gasteiger partial charge is 0.369 e. The van der Waals surface area contributed by atoms with E-state index in [2.05, 4.69) is 5.32 Å². The van der Waals surface area contributed by atoms with Gasteiger partial charge in [0.1, 0.15) is 18.8 Å². The Kier molecular flexibility index (Phi) is 9.29. The highest BCUT2D eigenvalue weighted by Gasteiger charge is 2.40. The van der Waals surface area contributed by atoms with Gasteiger partial charge in [-0.1, -0.05) is 41.9 Å². The van der Waals surface area contributed by atoms with Crippen molar-refractivity contribution in [3.63, 3.8) is 0 Å². The van der Waals surface area contributed by atoms with Crippen LogP contribution in [0.25, 0.3) is 22.0 Å². The molecule has 3 heterocycles. The van der Waals surface area contributed by atoms with Crippen LogP contribution >= 0.6 is 11.6 Å². The van der Waals surface area contributed by atoms with Crippen LogP contribution in [0.1, 0.15) is 23.7 Å². The van der Waals surface area contributed by atoms with E-state index in [-0.39, 0.29) is 36.5 Å². The number of halogens is 3. The first-order valence-corrected chi connectivity index (χ1v) is 17.7. The number of alkyl halides is 1. The number of carbonyl (C=O) groups is 3. The predicted molar refractivity (Wildman–Crippen MR) is 181 cm³/mol. The van der Waals surface area contributed by atoms with Gasteiger partial charge in [-0.2, -0.15) is 4.31 Å². The quantitative estimate of drug-likeness (QED) is 0.261. The molecule has 48 heavy (non-hydrogen) atoms. The molecule has 2 aliphatic heterocycles. The molecule has 14 heteroatoms. The Hall–Kier alpha value is -4.33. The second-order valence-corrected chi connectivity index (χ2v) is 14.5. The Morgan fingerprint density at radius 1 is 0.979 bits per heavy atom. The van der Waals surface area contributed by atoms with Crippen LogP contribution in [-0.4, -0.2) is 91.0 Å². The first-order chi connectivity index (χ1) is 22.8. The molecule has 0 unspecified atom stereocenters. The molecular weight excluding hydrogens is 664 g/mol. The molecule has 1 aromatic heterocycles.